The van der Waals surface area contributed by atoms with Gasteiger partial charge in [-0.1, -0.05) is 115 Å². The molecule has 0 aliphatic heterocycles. The number of nitrogens with zero attached hydrogens (tertiary/aromatic N) is 4. The summed E-state index contributed by atoms with van der Waals surface area (Å²) in [7, 11) is 0. The average molecular weight is 687 g/mol. The second kappa shape index (κ2) is 11.2. The van der Waals surface area contributed by atoms with Crippen molar-refractivity contribution in [1.82, 2.24) is 19.5 Å². The lowest BCUT2D eigenvalue weighted by atomic mass is 10.1. The minimum atomic E-state index is 0.670. The first-order chi connectivity index (χ1) is 25.3. The first-order valence-electron chi connectivity index (χ1n) is 16.9. The topological polar surface area (TPSA) is 43.6 Å². The lowest BCUT2D eigenvalue weighted by Crippen LogP contribution is -1.99. The van der Waals surface area contributed by atoms with Gasteiger partial charge in [0.1, 0.15) is 0 Å². The zero-order valence-corrected chi connectivity index (χ0v) is 28.7. The lowest BCUT2D eigenvalue weighted by Gasteiger charge is -2.08. The van der Waals surface area contributed by atoms with E-state index < -0.39 is 0 Å². The molecule has 7 aromatic carbocycles. The van der Waals surface area contributed by atoms with Gasteiger partial charge in [0.25, 0.3) is 0 Å². The third kappa shape index (κ3) is 4.47. The number of thiophene rings is 2. The van der Waals surface area contributed by atoms with Crippen LogP contribution >= 0.6 is 22.7 Å². The largest absolute Gasteiger partial charge is 0.309 e. The molecular weight excluding hydrogens is 661 g/mol. The Morgan fingerprint density at radius 3 is 1.61 bits per heavy atom. The van der Waals surface area contributed by atoms with Crippen LogP contribution in [-0.4, -0.2) is 19.5 Å². The normalized spacial score (nSPS) is 11.9. The van der Waals surface area contributed by atoms with E-state index in [1.807, 2.05) is 83.3 Å². The Morgan fingerprint density at radius 2 is 0.941 bits per heavy atom. The molecule has 0 amide bonds. The summed E-state index contributed by atoms with van der Waals surface area (Å²) in [5.74, 6) is 2.01. The molecule has 6 heteroatoms. The van der Waals surface area contributed by atoms with Crippen LogP contribution in [0.3, 0.4) is 0 Å². The van der Waals surface area contributed by atoms with Gasteiger partial charge in [0.05, 0.1) is 11.0 Å². The van der Waals surface area contributed by atoms with Gasteiger partial charge in [-0.2, -0.15) is 0 Å². The predicted octanol–water partition coefficient (Wildman–Crippen LogP) is 12.7. The van der Waals surface area contributed by atoms with Crippen LogP contribution in [0.4, 0.5) is 0 Å². The standard InChI is InChI=1S/C45H26N4S2/c1-3-11-27(12-4-1)43-46-44(28-13-5-2-6-14-28)48-45(47-43)29-19-21-34-40(25-29)50-39-24-22-33-35-26-30(20-23-38(35)51-42(33)41(34)39)49-36-17-9-7-15-31(36)32-16-8-10-18-37(32)49/h1-26H. The van der Waals surface area contributed by atoms with Crippen molar-refractivity contribution in [2.45, 2.75) is 0 Å². The van der Waals surface area contributed by atoms with E-state index >= 15 is 0 Å². The molecule has 4 heterocycles. The van der Waals surface area contributed by atoms with Gasteiger partial charge < -0.3 is 4.57 Å². The minimum Gasteiger partial charge on any atom is -0.309 e. The van der Waals surface area contributed by atoms with E-state index in [0.29, 0.717) is 17.5 Å². The highest BCUT2D eigenvalue weighted by Crippen LogP contribution is 2.46. The summed E-state index contributed by atoms with van der Waals surface area (Å²) in [5, 5.41) is 7.73. The fourth-order valence-electron chi connectivity index (χ4n) is 7.50. The van der Waals surface area contributed by atoms with Crippen molar-refractivity contribution in [3.63, 3.8) is 0 Å². The molecule has 0 atom stereocenters. The van der Waals surface area contributed by atoms with Crippen molar-refractivity contribution < 1.29 is 0 Å². The van der Waals surface area contributed by atoms with Crippen molar-refractivity contribution in [3.05, 3.63) is 158 Å². The van der Waals surface area contributed by atoms with E-state index in [1.165, 1.54) is 67.8 Å². The fourth-order valence-corrected chi connectivity index (χ4v) is 9.96. The Morgan fingerprint density at radius 1 is 0.373 bits per heavy atom. The quantitative estimate of drug-likeness (QED) is 0.185. The summed E-state index contributed by atoms with van der Waals surface area (Å²) in [4.78, 5) is 14.9. The third-order valence-corrected chi connectivity index (χ3v) is 12.2. The van der Waals surface area contributed by atoms with Gasteiger partial charge in [0.2, 0.25) is 0 Å². The van der Waals surface area contributed by atoms with E-state index in [9.17, 15) is 0 Å². The SMILES string of the molecule is c1ccc(-c2nc(-c3ccccc3)nc(-c3ccc4c(c3)sc3ccc5c6cc(-n7c8ccccc8c8ccccc87)ccc6sc5c34)n2)cc1. The summed E-state index contributed by atoms with van der Waals surface area (Å²) in [6, 6.07) is 55.9. The maximum atomic E-state index is 4.99. The summed E-state index contributed by atoms with van der Waals surface area (Å²) >= 11 is 3.72. The second-order valence-corrected chi connectivity index (χ2v) is 15.0. The van der Waals surface area contributed by atoms with Gasteiger partial charge in [-0.05, 0) is 42.5 Å². The van der Waals surface area contributed by atoms with Crippen LogP contribution in [0, 0.1) is 0 Å². The maximum Gasteiger partial charge on any atom is 0.164 e. The van der Waals surface area contributed by atoms with Gasteiger partial charge in [-0.15, -0.1) is 22.7 Å². The smallest absolute Gasteiger partial charge is 0.164 e. The molecule has 0 aliphatic rings. The highest BCUT2D eigenvalue weighted by Gasteiger charge is 2.18. The number of hydrogen-bond acceptors (Lipinski definition) is 5. The van der Waals surface area contributed by atoms with Crippen molar-refractivity contribution in [1.29, 1.82) is 0 Å². The Kier molecular flexibility index (Phi) is 6.26. The molecule has 0 unspecified atom stereocenters. The Hall–Kier alpha value is -6.21. The molecule has 11 aromatic rings. The minimum absolute atomic E-state index is 0.670. The number of para-hydroxylation sites is 2. The Labute approximate surface area is 300 Å². The first-order valence-corrected chi connectivity index (χ1v) is 18.6. The molecule has 0 spiro atoms. The number of fused-ring (bicyclic) bond motifs is 10. The third-order valence-electron chi connectivity index (χ3n) is 9.85. The molecule has 4 aromatic heterocycles. The molecule has 0 aliphatic carbocycles. The molecule has 0 bridgehead atoms. The van der Waals surface area contributed by atoms with Crippen molar-refractivity contribution in [2.75, 3.05) is 0 Å². The molecule has 0 N–H and O–H groups in total. The zero-order valence-electron chi connectivity index (χ0n) is 27.1. The highest BCUT2D eigenvalue weighted by atomic mass is 32.1. The second-order valence-electron chi connectivity index (χ2n) is 12.8. The average Bonchev–Trinajstić information content (AvgIpc) is 3.87. The molecule has 11 rings (SSSR count). The van der Waals surface area contributed by atoms with E-state index in [1.54, 1.807) is 0 Å². The number of hydrogen-bond donors (Lipinski definition) is 0. The molecule has 0 saturated heterocycles. The summed E-state index contributed by atoms with van der Waals surface area (Å²) < 4.78 is 7.54. The zero-order chi connectivity index (χ0) is 33.5. The van der Waals surface area contributed by atoms with Gasteiger partial charge in [0, 0.05) is 73.5 Å². The van der Waals surface area contributed by atoms with Crippen LogP contribution in [0.25, 0.3) is 102 Å². The van der Waals surface area contributed by atoms with Crippen LogP contribution in [0.5, 0.6) is 0 Å². The molecular formula is C45H26N4S2. The lowest BCUT2D eigenvalue weighted by molar-refractivity contribution is 1.07. The molecule has 51 heavy (non-hydrogen) atoms. The first kappa shape index (κ1) is 28.6. The highest BCUT2D eigenvalue weighted by molar-refractivity contribution is 7.29. The van der Waals surface area contributed by atoms with Gasteiger partial charge in [-0.3, -0.25) is 0 Å². The van der Waals surface area contributed by atoms with Gasteiger partial charge >= 0.3 is 0 Å². The molecule has 238 valence electrons. The Balaban J connectivity index is 1.07. The van der Waals surface area contributed by atoms with E-state index in [2.05, 4.69) is 102 Å². The number of benzene rings is 7. The summed E-state index contributed by atoms with van der Waals surface area (Å²) in [5.41, 5.74) is 6.55. The fraction of sp³-hybridized carbons (Fsp3) is 0. The predicted molar refractivity (Wildman–Crippen MR) is 216 cm³/mol. The number of rotatable bonds is 4. The number of aromatic nitrogens is 4. The molecule has 0 fully saturated rings. The van der Waals surface area contributed by atoms with Crippen LogP contribution in [0.2, 0.25) is 0 Å². The van der Waals surface area contributed by atoms with Crippen LogP contribution in [0.1, 0.15) is 0 Å². The van der Waals surface area contributed by atoms with Gasteiger partial charge in [-0.25, -0.2) is 15.0 Å². The van der Waals surface area contributed by atoms with Crippen LogP contribution in [-0.2, 0) is 0 Å². The molecule has 0 saturated carbocycles. The van der Waals surface area contributed by atoms with Crippen molar-refractivity contribution >= 4 is 84.8 Å². The van der Waals surface area contributed by atoms with Crippen molar-refractivity contribution in [2.24, 2.45) is 0 Å². The maximum absolute atomic E-state index is 4.99. The molecule has 4 nitrogen and oxygen atoms in total. The Bertz CT molecular complexity index is 3030. The van der Waals surface area contributed by atoms with Crippen LogP contribution < -0.4 is 0 Å². The van der Waals surface area contributed by atoms with E-state index in [-0.39, 0.29) is 0 Å². The van der Waals surface area contributed by atoms with E-state index in [4.69, 9.17) is 15.0 Å². The van der Waals surface area contributed by atoms with E-state index in [0.717, 1.165) is 16.7 Å². The van der Waals surface area contributed by atoms with Crippen LogP contribution in [0.15, 0.2) is 158 Å². The van der Waals surface area contributed by atoms with Crippen molar-refractivity contribution in [3.8, 4) is 39.9 Å². The molecule has 0 radical (unpaired) electrons. The van der Waals surface area contributed by atoms with Gasteiger partial charge in [0.15, 0.2) is 17.5 Å². The monoisotopic (exact) mass is 686 g/mol. The summed E-state index contributed by atoms with van der Waals surface area (Å²) in [6.07, 6.45) is 0. The summed E-state index contributed by atoms with van der Waals surface area (Å²) in [6.45, 7) is 0.